The SMILES string of the molecule is Cc1ccc(OCCCNC(=O)C2CNC(=O)N2)cc1. The lowest BCUT2D eigenvalue weighted by Gasteiger charge is -2.10. The lowest BCUT2D eigenvalue weighted by molar-refractivity contribution is -0.122. The van der Waals surface area contributed by atoms with Crippen LogP contribution in [0.4, 0.5) is 4.79 Å². The predicted octanol–water partition coefficient (Wildman–Crippen LogP) is 0.562. The molecule has 0 spiro atoms. The van der Waals surface area contributed by atoms with Crippen LogP contribution in [0.15, 0.2) is 24.3 Å². The molecular formula is C14H19N3O3. The molecule has 0 bridgehead atoms. The molecule has 1 unspecified atom stereocenters. The van der Waals surface area contributed by atoms with E-state index in [1.165, 1.54) is 5.56 Å². The van der Waals surface area contributed by atoms with E-state index >= 15 is 0 Å². The average molecular weight is 277 g/mol. The fourth-order valence-corrected chi connectivity index (χ4v) is 1.84. The predicted molar refractivity (Wildman–Crippen MR) is 74.6 cm³/mol. The number of ether oxygens (including phenoxy) is 1. The Kier molecular flexibility index (Phi) is 4.81. The molecule has 3 amide bonds. The third-order valence-corrected chi connectivity index (χ3v) is 3.00. The molecule has 0 aliphatic carbocycles. The zero-order valence-corrected chi connectivity index (χ0v) is 11.4. The fourth-order valence-electron chi connectivity index (χ4n) is 1.84. The van der Waals surface area contributed by atoms with Crippen LogP contribution in [0.1, 0.15) is 12.0 Å². The van der Waals surface area contributed by atoms with E-state index in [1.54, 1.807) is 0 Å². The number of nitrogens with one attached hydrogen (secondary N) is 3. The first kappa shape index (κ1) is 14.2. The molecule has 3 N–H and O–H groups in total. The second-order valence-electron chi connectivity index (χ2n) is 4.71. The summed E-state index contributed by atoms with van der Waals surface area (Å²) in [6.07, 6.45) is 0.716. The van der Waals surface area contributed by atoms with E-state index in [9.17, 15) is 9.59 Å². The molecule has 1 heterocycles. The summed E-state index contributed by atoms with van der Waals surface area (Å²) >= 11 is 0. The van der Waals surface area contributed by atoms with E-state index < -0.39 is 6.04 Å². The molecule has 6 heteroatoms. The lowest BCUT2D eigenvalue weighted by atomic mass is 10.2. The summed E-state index contributed by atoms with van der Waals surface area (Å²) < 4.78 is 5.55. The molecule has 20 heavy (non-hydrogen) atoms. The molecule has 1 aromatic rings. The van der Waals surface area contributed by atoms with Crippen LogP contribution in [-0.4, -0.2) is 37.7 Å². The maximum absolute atomic E-state index is 11.7. The van der Waals surface area contributed by atoms with Gasteiger partial charge in [0.25, 0.3) is 0 Å². The van der Waals surface area contributed by atoms with Crippen LogP contribution >= 0.6 is 0 Å². The van der Waals surface area contributed by atoms with Gasteiger partial charge in [0.15, 0.2) is 0 Å². The summed E-state index contributed by atoms with van der Waals surface area (Å²) in [5.74, 6) is 0.660. The van der Waals surface area contributed by atoms with Gasteiger partial charge in [-0.25, -0.2) is 4.79 Å². The molecule has 1 aliphatic heterocycles. The number of hydrogen-bond acceptors (Lipinski definition) is 3. The summed E-state index contributed by atoms with van der Waals surface area (Å²) in [7, 11) is 0. The zero-order chi connectivity index (χ0) is 14.4. The summed E-state index contributed by atoms with van der Waals surface area (Å²) in [5, 5.41) is 7.84. The molecule has 1 saturated heterocycles. The Morgan fingerprint density at radius 1 is 1.40 bits per heavy atom. The van der Waals surface area contributed by atoms with E-state index in [1.807, 2.05) is 31.2 Å². The van der Waals surface area contributed by atoms with E-state index in [-0.39, 0.29) is 11.9 Å². The summed E-state index contributed by atoms with van der Waals surface area (Å²) in [4.78, 5) is 22.5. The van der Waals surface area contributed by atoms with Crippen molar-refractivity contribution < 1.29 is 14.3 Å². The Hall–Kier alpha value is -2.24. The van der Waals surface area contributed by atoms with Crippen LogP contribution in [0.5, 0.6) is 5.75 Å². The minimum Gasteiger partial charge on any atom is -0.494 e. The van der Waals surface area contributed by atoms with Crippen molar-refractivity contribution >= 4 is 11.9 Å². The van der Waals surface area contributed by atoms with Gasteiger partial charge in [0.1, 0.15) is 11.8 Å². The minimum absolute atomic E-state index is 0.168. The highest BCUT2D eigenvalue weighted by Gasteiger charge is 2.25. The van der Waals surface area contributed by atoms with E-state index in [4.69, 9.17) is 4.74 Å². The Labute approximate surface area is 117 Å². The number of hydrogen-bond donors (Lipinski definition) is 3. The number of carbonyl (C=O) groups excluding carboxylic acids is 2. The molecule has 0 aromatic heterocycles. The van der Waals surface area contributed by atoms with E-state index in [0.29, 0.717) is 26.1 Å². The van der Waals surface area contributed by atoms with Crippen molar-refractivity contribution in [3.8, 4) is 5.75 Å². The van der Waals surface area contributed by atoms with Gasteiger partial charge in [0.2, 0.25) is 5.91 Å². The maximum Gasteiger partial charge on any atom is 0.315 e. The Morgan fingerprint density at radius 3 is 2.80 bits per heavy atom. The molecule has 1 fully saturated rings. The normalized spacial score (nSPS) is 17.2. The van der Waals surface area contributed by atoms with Gasteiger partial charge in [-0.05, 0) is 25.5 Å². The van der Waals surface area contributed by atoms with E-state index in [2.05, 4.69) is 16.0 Å². The van der Waals surface area contributed by atoms with E-state index in [0.717, 1.165) is 5.75 Å². The van der Waals surface area contributed by atoms with Gasteiger partial charge in [-0.1, -0.05) is 17.7 Å². The molecule has 1 aromatic carbocycles. The molecule has 1 aliphatic rings. The minimum atomic E-state index is -0.472. The number of aryl methyl sites for hydroxylation is 1. The Bertz CT molecular complexity index is 473. The van der Waals surface area contributed by atoms with Crippen molar-refractivity contribution in [2.75, 3.05) is 19.7 Å². The highest BCUT2D eigenvalue weighted by atomic mass is 16.5. The Balaban J connectivity index is 1.58. The fraction of sp³-hybridized carbons (Fsp3) is 0.429. The third-order valence-electron chi connectivity index (χ3n) is 3.00. The first-order chi connectivity index (χ1) is 9.65. The number of urea groups is 1. The molecule has 0 radical (unpaired) electrons. The second kappa shape index (κ2) is 6.79. The zero-order valence-electron chi connectivity index (χ0n) is 11.4. The molecule has 108 valence electrons. The van der Waals surface area contributed by atoms with Gasteiger partial charge in [0.05, 0.1) is 6.61 Å². The quantitative estimate of drug-likeness (QED) is 0.665. The number of rotatable bonds is 6. The summed E-state index contributed by atoms with van der Waals surface area (Å²) in [6.45, 7) is 3.43. The third kappa shape index (κ3) is 4.15. The van der Waals surface area contributed by atoms with Crippen LogP contribution in [0.2, 0.25) is 0 Å². The molecule has 6 nitrogen and oxygen atoms in total. The average Bonchev–Trinajstić information content (AvgIpc) is 2.87. The molecule has 0 saturated carbocycles. The maximum atomic E-state index is 11.7. The lowest BCUT2D eigenvalue weighted by Crippen LogP contribution is -2.43. The highest BCUT2D eigenvalue weighted by Crippen LogP contribution is 2.11. The van der Waals surface area contributed by atoms with Gasteiger partial charge >= 0.3 is 6.03 Å². The first-order valence-electron chi connectivity index (χ1n) is 6.67. The summed E-state index contributed by atoms with van der Waals surface area (Å²) in [6, 6.07) is 7.06. The monoisotopic (exact) mass is 277 g/mol. The smallest absolute Gasteiger partial charge is 0.315 e. The van der Waals surface area contributed by atoms with Gasteiger partial charge < -0.3 is 20.7 Å². The van der Waals surface area contributed by atoms with Crippen LogP contribution in [0.25, 0.3) is 0 Å². The molecule has 2 rings (SSSR count). The second-order valence-corrected chi connectivity index (χ2v) is 4.71. The van der Waals surface area contributed by atoms with Gasteiger partial charge in [-0.2, -0.15) is 0 Å². The highest BCUT2D eigenvalue weighted by molar-refractivity contribution is 5.90. The van der Waals surface area contributed by atoms with Crippen LogP contribution in [0, 0.1) is 6.92 Å². The van der Waals surface area contributed by atoms with Crippen molar-refractivity contribution in [3.05, 3.63) is 29.8 Å². The van der Waals surface area contributed by atoms with Crippen molar-refractivity contribution in [2.45, 2.75) is 19.4 Å². The molecule has 1 atom stereocenters. The van der Waals surface area contributed by atoms with Gasteiger partial charge in [0, 0.05) is 13.1 Å². The van der Waals surface area contributed by atoms with Crippen molar-refractivity contribution in [2.24, 2.45) is 0 Å². The topological polar surface area (TPSA) is 79.5 Å². The Morgan fingerprint density at radius 2 is 2.15 bits per heavy atom. The number of carbonyl (C=O) groups is 2. The van der Waals surface area contributed by atoms with Gasteiger partial charge in [-0.3, -0.25) is 4.79 Å². The van der Waals surface area contributed by atoms with Crippen molar-refractivity contribution in [3.63, 3.8) is 0 Å². The van der Waals surface area contributed by atoms with Crippen LogP contribution in [-0.2, 0) is 4.79 Å². The molecular weight excluding hydrogens is 258 g/mol. The van der Waals surface area contributed by atoms with Crippen molar-refractivity contribution in [1.82, 2.24) is 16.0 Å². The largest absolute Gasteiger partial charge is 0.494 e. The number of amides is 3. The summed E-state index contributed by atoms with van der Waals surface area (Å²) in [5.41, 5.74) is 1.19. The number of benzene rings is 1. The van der Waals surface area contributed by atoms with Crippen LogP contribution < -0.4 is 20.7 Å². The van der Waals surface area contributed by atoms with Crippen LogP contribution in [0.3, 0.4) is 0 Å². The van der Waals surface area contributed by atoms with Crippen molar-refractivity contribution in [1.29, 1.82) is 0 Å². The first-order valence-corrected chi connectivity index (χ1v) is 6.67. The standard InChI is InChI=1S/C14H19N3O3/c1-10-3-5-11(6-4-10)20-8-2-7-15-13(18)12-9-16-14(19)17-12/h3-6,12H,2,7-9H2,1H3,(H,15,18)(H2,16,17,19). The van der Waals surface area contributed by atoms with Gasteiger partial charge in [-0.15, -0.1) is 0 Å².